The second-order valence-corrected chi connectivity index (χ2v) is 11.2. The van der Waals surface area contributed by atoms with Crippen LogP contribution in [0.2, 0.25) is 5.02 Å². The minimum Gasteiger partial charge on any atom is -0.507 e. The second-order valence-electron chi connectivity index (χ2n) is 10.8. The van der Waals surface area contributed by atoms with E-state index in [1.165, 1.54) is 24.3 Å². The standard InChI is InChI=1S/C28H31ClFN5O4/c1-3-20(37)33-12-13-35-17(14-33)15-39-25-22(27(35)38)26(34-11-10-32(2)28(16-34)8-5-9-28)31-24(23(25)29)21-18(30)6-4-7-19(21)36/h3-4,6-7,17,36H,1,5,8-16H2,2H3/t17-/m1/s1. The Balaban J connectivity index is 1.49. The Kier molecular flexibility index (Phi) is 6.42. The third kappa shape index (κ3) is 4.12. The number of carbonyl (C=O) groups is 2. The number of nitrogens with zero attached hydrogens (tertiary/aromatic N) is 5. The molecule has 9 nitrogen and oxygen atoms in total. The van der Waals surface area contributed by atoms with E-state index in [9.17, 15) is 14.7 Å². The fourth-order valence-electron chi connectivity index (χ4n) is 6.29. The van der Waals surface area contributed by atoms with Crippen molar-refractivity contribution in [3.8, 4) is 22.8 Å². The number of hydrogen-bond acceptors (Lipinski definition) is 7. The number of phenols is 1. The van der Waals surface area contributed by atoms with Gasteiger partial charge < -0.3 is 24.5 Å². The van der Waals surface area contributed by atoms with Crippen molar-refractivity contribution in [1.29, 1.82) is 0 Å². The van der Waals surface area contributed by atoms with E-state index >= 15 is 4.39 Å². The Morgan fingerprint density at radius 2 is 2.05 bits per heavy atom. The molecule has 0 bridgehead atoms. The predicted molar refractivity (Wildman–Crippen MR) is 145 cm³/mol. The summed E-state index contributed by atoms with van der Waals surface area (Å²) in [5.74, 6) is -0.970. The zero-order chi connectivity index (χ0) is 27.5. The number of likely N-dealkylation sites (N-methyl/N-ethyl adjacent to an activating group) is 1. The molecule has 2 aromatic rings. The molecule has 206 valence electrons. The maximum Gasteiger partial charge on any atom is 0.261 e. The largest absolute Gasteiger partial charge is 0.507 e. The normalized spacial score (nSPS) is 22.5. The molecule has 4 aliphatic rings. The molecule has 2 saturated heterocycles. The predicted octanol–water partition coefficient (Wildman–Crippen LogP) is 3.15. The van der Waals surface area contributed by atoms with Crippen LogP contribution in [0.25, 0.3) is 11.3 Å². The van der Waals surface area contributed by atoms with Crippen molar-refractivity contribution in [2.24, 2.45) is 0 Å². The average Bonchev–Trinajstić information content (AvgIpc) is 3.05. The van der Waals surface area contributed by atoms with Crippen LogP contribution in [0.15, 0.2) is 30.9 Å². The molecule has 3 fully saturated rings. The lowest BCUT2D eigenvalue weighted by atomic mass is 9.74. The van der Waals surface area contributed by atoms with Gasteiger partial charge in [0.15, 0.2) is 5.75 Å². The number of aromatic hydroxyl groups is 1. The van der Waals surface area contributed by atoms with Crippen LogP contribution in [-0.2, 0) is 4.79 Å². The first-order chi connectivity index (χ1) is 18.7. The van der Waals surface area contributed by atoms with E-state index in [4.69, 9.17) is 21.3 Å². The monoisotopic (exact) mass is 555 g/mol. The molecule has 39 heavy (non-hydrogen) atoms. The van der Waals surface area contributed by atoms with Crippen molar-refractivity contribution in [3.05, 3.63) is 47.3 Å². The fraction of sp³-hybridized carbons (Fsp3) is 0.464. The molecular formula is C28H31ClFN5O4. The van der Waals surface area contributed by atoms with Gasteiger partial charge in [0.1, 0.15) is 40.3 Å². The Morgan fingerprint density at radius 3 is 2.74 bits per heavy atom. The lowest BCUT2D eigenvalue weighted by molar-refractivity contribution is -0.128. The van der Waals surface area contributed by atoms with Crippen LogP contribution in [0.1, 0.15) is 29.6 Å². The van der Waals surface area contributed by atoms with E-state index in [0.29, 0.717) is 38.5 Å². The van der Waals surface area contributed by atoms with Crippen molar-refractivity contribution < 1.29 is 23.8 Å². The highest BCUT2D eigenvalue weighted by atomic mass is 35.5. The van der Waals surface area contributed by atoms with Gasteiger partial charge in [-0.1, -0.05) is 24.2 Å². The van der Waals surface area contributed by atoms with Crippen molar-refractivity contribution in [2.45, 2.75) is 30.8 Å². The van der Waals surface area contributed by atoms with Gasteiger partial charge in [0.25, 0.3) is 5.91 Å². The Hall–Kier alpha value is -3.37. The van der Waals surface area contributed by atoms with Crippen molar-refractivity contribution in [2.75, 3.05) is 57.8 Å². The molecule has 0 radical (unpaired) electrons. The summed E-state index contributed by atoms with van der Waals surface area (Å²) in [6, 6.07) is 3.61. The minimum atomic E-state index is -0.680. The van der Waals surface area contributed by atoms with Gasteiger partial charge >= 0.3 is 0 Å². The maximum absolute atomic E-state index is 15.1. The van der Waals surface area contributed by atoms with Gasteiger partial charge in [-0.05, 0) is 44.5 Å². The number of amides is 2. The summed E-state index contributed by atoms with van der Waals surface area (Å²) in [4.78, 5) is 39.1. The molecule has 1 aliphatic carbocycles. The van der Waals surface area contributed by atoms with Crippen LogP contribution in [0.3, 0.4) is 0 Å². The number of hydrogen-bond donors (Lipinski definition) is 1. The number of fused-ring (bicyclic) bond motifs is 2. The topological polar surface area (TPSA) is 89.5 Å². The highest BCUT2D eigenvalue weighted by Gasteiger charge is 2.47. The Bertz CT molecular complexity index is 1350. The molecular weight excluding hydrogens is 525 g/mol. The molecule has 1 aromatic carbocycles. The average molecular weight is 556 g/mol. The summed E-state index contributed by atoms with van der Waals surface area (Å²) in [5, 5.41) is 10.6. The van der Waals surface area contributed by atoms with E-state index in [2.05, 4.69) is 23.4 Å². The van der Waals surface area contributed by atoms with Crippen LogP contribution in [-0.4, -0.2) is 101 Å². The molecule has 11 heteroatoms. The van der Waals surface area contributed by atoms with E-state index in [0.717, 1.165) is 25.8 Å². The summed E-state index contributed by atoms with van der Waals surface area (Å²) in [6.45, 7) is 6.71. The molecule has 0 unspecified atom stereocenters. The number of ether oxygens (including phenoxy) is 1. The quantitative estimate of drug-likeness (QED) is 0.582. The van der Waals surface area contributed by atoms with Gasteiger partial charge in [-0.3, -0.25) is 14.5 Å². The first-order valence-electron chi connectivity index (χ1n) is 13.3. The first kappa shape index (κ1) is 25.9. The summed E-state index contributed by atoms with van der Waals surface area (Å²) in [6.07, 6.45) is 4.49. The minimum absolute atomic E-state index is 0.0133. The molecule has 1 saturated carbocycles. The lowest BCUT2D eigenvalue weighted by Crippen LogP contribution is -2.64. The smallest absolute Gasteiger partial charge is 0.261 e. The van der Waals surface area contributed by atoms with Crippen LogP contribution >= 0.6 is 11.6 Å². The fourth-order valence-corrected chi connectivity index (χ4v) is 6.57. The highest BCUT2D eigenvalue weighted by molar-refractivity contribution is 6.35. The first-order valence-corrected chi connectivity index (χ1v) is 13.6. The molecule has 1 atom stereocenters. The van der Waals surface area contributed by atoms with Crippen LogP contribution < -0.4 is 9.64 Å². The molecule has 6 rings (SSSR count). The van der Waals surface area contributed by atoms with Crippen LogP contribution in [0.4, 0.5) is 10.2 Å². The number of halogens is 2. The molecule has 2 amide bonds. The summed E-state index contributed by atoms with van der Waals surface area (Å²) in [5.41, 5.74) is 0.115. The molecule has 3 aliphatic heterocycles. The molecule has 4 heterocycles. The Labute approximate surface area is 231 Å². The molecule has 1 aromatic heterocycles. The number of rotatable bonds is 3. The lowest BCUT2D eigenvalue weighted by Gasteiger charge is -2.55. The zero-order valence-corrected chi connectivity index (χ0v) is 22.6. The third-order valence-corrected chi connectivity index (χ3v) is 9.10. The maximum atomic E-state index is 15.1. The number of benzene rings is 1. The van der Waals surface area contributed by atoms with E-state index < -0.39 is 11.9 Å². The summed E-state index contributed by atoms with van der Waals surface area (Å²) < 4.78 is 21.3. The number of aromatic nitrogens is 1. The van der Waals surface area contributed by atoms with Gasteiger partial charge in [-0.25, -0.2) is 9.37 Å². The van der Waals surface area contributed by atoms with Crippen molar-refractivity contribution >= 4 is 29.2 Å². The number of carbonyl (C=O) groups excluding carboxylic acids is 2. The van der Waals surface area contributed by atoms with Crippen molar-refractivity contribution in [3.63, 3.8) is 0 Å². The third-order valence-electron chi connectivity index (χ3n) is 8.75. The molecule has 1 N–H and O–H groups in total. The number of phenolic OH excluding ortho intramolecular Hbond substituents is 1. The summed E-state index contributed by atoms with van der Waals surface area (Å²) >= 11 is 6.83. The van der Waals surface area contributed by atoms with Gasteiger partial charge in [0.05, 0.1) is 11.6 Å². The van der Waals surface area contributed by atoms with Crippen molar-refractivity contribution in [1.82, 2.24) is 19.7 Å². The molecule has 1 spiro atoms. The number of pyridine rings is 1. The number of piperazine rings is 2. The SMILES string of the molecule is C=CC(=O)N1CCN2C(=O)c3c(N4CCN(C)C5(CCC5)C4)nc(-c4c(O)cccc4F)c(Cl)c3OC[C@H]2C1. The van der Waals surface area contributed by atoms with Gasteiger partial charge in [-0.15, -0.1) is 0 Å². The van der Waals surface area contributed by atoms with Gasteiger partial charge in [0, 0.05) is 44.8 Å². The highest BCUT2D eigenvalue weighted by Crippen LogP contribution is 2.47. The van der Waals surface area contributed by atoms with E-state index in [-0.39, 0.29) is 57.3 Å². The van der Waals surface area contributed by atoms with Crippen LogP contribution in [0, 0.1) is 5.82 Å². The summed E-state index contributed by atoms with van der Waals surface area (Å²) in [7, 11) is 2.12. The van der Waals surface area contributed by atoms with Gasteiger partial charge in [0.2, 0.25) is 5.91 Å². The number of anilines is 1. The Morgan fingerprint density at radius 1 is 1.26 bits per heavy atom. The van der Waals surface area contributed by atoms with E-state index in [1.54, 1.807) is 9.80 Å². The zero-order valence-electron chi connectivity index (χ0n) is 21.8. The second kappa shape index (κ2) is 9.67. The van der Waals surface area contributed by atoms with Gasteiger partial charge in [-0.2, -0.15) is 0 Å². The van der Waals surface area contributed by atoms with E-state index in [1.807, 2.05) is 0 Å². The van der Waals surface area contributed by atoms with Crippen LogP contribution in [0.5, 0.6) is 11.5 Å².